The Kier molecular flexibility index (Phi) is 3.47. The molecule has 1 amide bonds. The van der Waals surface area contributed by atoms with E-state index >= 15 is 0 Å². The number of nitrogens with zero attached hydrogens (tertiary/aromatic N) is 1. The molecular formula is C12H19N3O2. The highest BCUT2D eigenvalue weighted by Gasteiger charge is 2.29. The van der Waals surface area contributed by atoms with E-state index in [-0.39, 0.29) is 18.0 Å². The van der Waals surface area contributed by atoms with Gasteiger partial charge < -0.3 is 15.2 Å². The molecule has 17 heavy (non-hydrogen) atoms. The van der Waals surface area contributed by atoms with Crippen molar-refractivity contribution in [2.24, 2.45) is 5.92 Å². The standard InChI is InChI=1S/C12H19N3O2/c1-7-4-5-13-9(3)11(7)14-12(16)10-6-8(2)17-15-10/h6-7,9,11,13H,4-5H2,1-3H3,(H,14,16). The van der Waals surface area contributed by atoms with Crippen molar-refractivity contribution in [3.05, 3.63) is 17.5 Å². The molecule has 0 bridgehead atoms. The maximum absolute atomic E-state index is 12.0. The van der Waals surface area contributed by atoms with Crippen LogP contribution in [-0.2, 0) is 0 Å². The van der Waals surface area contributed by atoms with Crippen molar-refractivity contribution in [3.63, 3.8) is 0 Å². The molecule has 2 N–H and O–H groups in total. The molecule has 0 aromatic carbocycles. The number of rotatable bonds is 2. The molecule has 1 aromatic rings. The highest BCUT2D eigenvalue weighted by atomic mass is 16.5. The third kappa shape index (κ3) is 2.66. The predicted molar refractivity (Wildman–Crippen MR) is 63.7 cm³/mol. The van der Waals surface area contributed by atoms with Crippen LogP contribution < -0.4 is 10.6 Å². The van der Waals surface area contributed by atoms with Gasteiger partial charge >= 0.3 is 0 Å². The van der Waals surface area contributed by atoms with Crippen LogP contribution in [0.25, 0.3) is 0 Å². The Morgan fingerprint density at radius 3 is 2.94 bits per heavy atom. The molecule has 1 aromatic heterocycles. The van der Waals surface area contributed by atoms with E-state index in [9.17, 15) is 4.79 Å². The quantitative estimate of drug-likeness (QED) is 0.808. The molecule has 0 aliphatic carbocycles. The number of hydrogen-bond donors (Lipinski definition) is 2. The molecule has 1 aliphatic heterocycles. The first kappa shape index (κ1) is 12.1. The van der Waals surface area contributed by atoms with Gasteiger partial charge in [0.15, 0.2) is 5.69 Å². The predicted octanol–water partition coefficient (Wildman–Crippen LogP) is 1.10. The van der Waals surface area contributed by atoms with E-state index in [1.54, 1.807) is 13.0 Å². The van der Waals surface area contributed by atoms with Crippen LogP contribution >= 0.6 is 0 Å². The fourth-order valence-electron chi connectivity index (χ4n) is 2.30. The average Bonchev–Trinajstić information content (AvgIpc) is 2.70. The highest BCUT2D eigenvalue weighted by molar-refractivity contribution is 5.92. The molecule has 2 rings (SSSR count). The minimum atomic E-state index is -0.158. The van der Waals surface area contributed by atoms with E-state index in [1.807, 2.05) is 0 Å². The fourth-order valence-corrected chi connectivity index (χ4v) is 2.30. The van der Waals surface area contributed by atoms with E-state index < -0.39 is 0 Å². The molecule has 0 saturated carbocycles. The van der Waals surface area contributed by atoms with Crippen LogP contribution in [0, 0.1) is 12.8 Å². The summed E-state index contributed by atoms with van der Waals surface area (Å²) in [5.74, 6) is 0.968. The second-order valence-corrected chi connectivity index (χ2v) is 4.83. The lowest BCUT2D eigenvalue weighted by molar-refractivity contribution is 0.0888. The normalized spacial score (nSPS) is 29.0. The van der Waals surface area contributed by atoms with Crippen LogP contribution in [0.4, 0.5) is 0 Å². The summed E-state index contributed by atoms with van der Waals surface area (Å²) in [6, 6.07) is 2.09. The van der Waals surface area contributed by atoms with Gasteiger partial charge in [0, 0.05) is 18.2 Å². The number of carbonyl (C=O) groups is 1. The van der Waals surface area contributed by atoms with Crippen molar-refractivity contribution in [2.45, 2.75) is 39.3 Å². The van der Waals surface area contributed by atoms with Crippen molar-refractivity contribution in [2.75, 3.05) is 6.54 Å². The summed E-state index contributed by atoms with van der Waals surface area (Å²) in [6.45, 7) is 7.04. The Bertz CT molecular complexity index is 392. The Balaban J connectivity index is 2.02. The largest absolute Gasteiger partial charge is 0.361 e. The summed E-state index contributed by atoms with van der Waals surface area (Å²) in [6.07, 6.45) is 1.08. The molecule has 1 saturated heterocycles. The molecular weight excluding hydrogens is 218 g/mol. The van der Waals surface area contributed by atoms with E-state index in [1.165, 1.54) is 0 Å². The Hall–Kier alpha value is -1.36. The smallest absolute Gasteiger partial charge is 0.273 e. The monoisotopic (exact) mass is 237 g/mol. The average molecular weight is 237 g/mol. The summed E-state index contributed by atoms with van der Waals surface area (Å²) in [4.78, 5) is 12.0. The summed E-state index contributed by atoms with van der Waals surface area (Å²) in [7, 11) is 0. The van der Waals surface area contributed by atoms with Crippen LogP contribution in [0.1, 0.15) is 36.5 Å². The van der Waals surface area contributed by atoms with E-state index in [4.69, 9.17) is 4.52 Å². The molecule has 94 valence electrons. The van der Waals surface area contributed by atoms with Crippen molar-refractivity contribution in [1.82, 2.24) is 15.8 Å². The summed E-state index contributed by atoms with van der Waals surface area (Å²) in [5, 5.41) is 10.1. The lowest BCUT2D eigenvalue weighted by Gasteiger charge is -2.35. The lowest BCUT2D eigenvalue weighted by Crippen LogP contribution is -2.55. The second-order valence-electron chi connectivity index (χ2n) is 4.83. The molecule has 0 spiro atoms. The number of nitrogens with one attached hydrogen (secondary N) is 2. The number of carbonyl (C=O) groups excluding carboxylic acids is 1. The van der Waals surface area contributed by atoms with Gasteiger partial charge in [0.1, 0.15) is 5.76 Å². The molecule has 3 unspecified atom stereocenters. The first-order valence-electron chi connectivity index (χ1n) is 6.05. The van der Waals surface area contributed by atoms with Crippen LogP contribution in [0.3, 0.4) is 0 Å². The number of hydrogen-bond acceptors (Lipinski definition) is 4. The van der Waals surface area contributed by atoms with E-state index in [0.29, 0.717) is 17.4 Å². The zero-order chi connectivity index (χ0) is 12.4. The highest BCUT2D eigenvalue weighted by Crippen LogP contribution is 2.16. The van der Waals surface area contributed by atoms with Crippen LogP contribution in [0.2, 0.25) is 0 Å². The minimum absolute atomic E-state index is 0.147. The Labute approximate surface area is 101 Å². The van der Waals surface area contributed by atoms with Gasteiger partial charge in [-0.25, -0.2) is 0 Å². The summed E-state index contributed by atoms with van der Waals surface area (Å²) >= 11 is 0. The minimum Gasteiger partial charge on any atom is -0.361 e. The van der Waals surface area contributed by atoms with Crippen molar-refractivity contribution >= 4 is 5.91 Å². The summed E-state index contributed by atoms with van der Waals surface area (Å²) in [5.41, 5.74) is 0.354. The van der Waals surface area contributed by atoms with Crippen LogP contribution in [-0.4, -0.2) is 29.7 Å². The van der Waals surface area contributed by atoms with Gasteiger partial charge in [-0.1, -0.05) is 12.1 Å². The van der Waals surface area contributed by atoms with Crippen molar-refractivity contribution in [3.8, 4) is 0 Å². The van der Waals surface area contributed by atoms with Crippen molar-refractivity contribution < 1.29 is 9.32 Å². The van der Waals surface area contributed by atoms with Gasteiger partial charge in [0.2, 0.25) is 0 Å². The second kappa shape index (κ2) is 4.87. The molecule has 1 aliphatic rings. The first-order chi connectivity index (χ1) is 8.08. The van der Waals surface area contributed by atoms with Gasteiger partial charge in [0.05, 0.1) is 0 Å². The fraction of sp³-hybridized carbons (Fsp3) is 0.667. The number of aromatic nitrogens is 1. The number of amides is 1. The van der Waals surface area contributed by atoms with Crippen molar-refractivity contribution in [1.29, 1.82) is 0 Å². The van der Waals surface area contributed by atoms with Gasteiger partial charge in [-0.05, 0) is 32.7 Å². The molecule has 0 radical (unpaired) electrons. The maximum Gasteiger partial charge on any atom is 0.273 e. The van der Waals surface area contributed by atoms with Crippen LogP contribution in [0.5, 0.6) is 0 Å². The van der Waals surface area contributed by atoms with E-state index in [0.717, 1.165) is 13.0 Å². The number of piperidine rings is 1. The van der Waals surface area contributed by atoms with Gasteiger partial charge in [0.25, 0.3) is 5.91 Å². The molecule has 3 atom stereocenters. The third-order valence-electron chi connectivity index (χ3n) is 3.38. The SMILES string of the molecule is Cc1cc(C(=O)NC2C(C)CCNC2C)no1. The summed E-state index contributed by atoms with van der Waals surface area (Å²) < 4.78 is 4.90. The Morgan fingerprint density at radius 2 is 2.35 bits per heavy atom. The van der Waals surface area contributed by atoms with Gasteiger partial charge in [-0.2, -0.15) is 0 Å². The molecule has 2 heterocycles. The van der Waals surface area contributed by atoms with E-state index in [2.05, 4.69) is 29.6 Å². The zero-order valence-electron chi connectivity index (χ0n) is 10.5. The zero-order valence-corrected chi connectivity index (χ0v) is 10.5. The van der Waals surface area contributed by atoms with Crippen LogP contribution in [0.15, 0.2) is 10.6 Å². The maximum atomic E-state index is 12.0. The van der Waals surface area contributed by atoms with Gasteiger partial charge in [-0.15, -0.1) is 0 Å². The lowest BCUT2D eigenvalue weighted by atomic mass is 9.89. The first-order valence-corrected chi connectivity index (χ1v) is 6.05. The molecule has 5 nitrogen and oxygen atoms in total. The molecule has 5 heteroatoms. The third-order valence-corrected chi connectivity index (χ3v) is 3.38. The van der Waals surface area contributed by atoms with Gasteiger partial charge in [-0.3, -0.25) is 4.79 Å². The number of aryl methyl sites for hydroxylation is 1. The Morgan fingerprint density at radius 1 is 1.59 bits per heavy atom. The molecule has 1 fully saturated rings. The topological polar surface area (TPSA) is 67.2 Å².